The number of anilines is 2. The predicted octanol–water partition coefficient (Wildman–Crippen LogP) is 1.93. The van der Waals surface area contributed by atoms with Gasteiger partial charge in [-0.3, -0.25) is 14.9 Å². The Kier molecular flexibility index (Phi) is 6.12. The van der Waals surface area contributed by atoms with Gasteiger partial charge in [-0.25, -0.2) is 4.79 Å². The maximum Gasteiger partial charge on any atom is 0.321 e. The zero-order valence-electron chi connectivity index (χ0n) is 14.1. The van der Waals surface area contributed by atoms with Crippen LogP contribution in [0.4, 0.5) is 16.2 Å². The number of hydrogen-bond donors (Lipinski definition) is 4. The van der Waals surface area contributed by atoms with E-state index in [-0.39, 0.29) is 5.91 Å². The molecule has 1 aromatic carbocycles. The van der Waals surface area contributed by atoms with Crippen molar-refractivity contribution in [2.45, 2.75) is 33.7 Å². The highest BCUT2D eigenvalue weighted by Gasteiger charge is 2.21. The Hall–Kier alpha value is -2.57. The highest BCUT2D eigenvalue weighted by Crippen LogP contribution is 2.19. The average Bonchev–Trinajstić information content (AvgIpc) is 2.47. The van der Waals surface area contributed by atoms with Gasteiger partial charge in [0.1, 0.15) is 6.04 Å². The molecule has 0 aliphatic heterocycles. The lowest BCUT2D eigenvalue weighted by Gasteiger charge is -2.18. The number of nitrogens with one attached hydrogen (secondary N) is 4. The summed E-state index contributed by atoms with van der Waals surface area (Å²) in [6.07, 6.45) is 0. The Labute approximate surface area is 136 Å². The maximum absolute atomic E-state index is 11.9. The fourth-order valence-corrected chi connectivity index (χ4v) is 1.57. The molecule has 126 valence electrons. The second kappa shape index (κ2) is 7.62. The van der Waals surface area contributed by atoms with Crippen LogP contribution >= 0.6 is 0 Å². The summed E-state index contributed by atoms with van der Waals surface area (Å²) in [6, 6.07) is 5.86. The first kappa shape index (κ1) is 18.5. The normalized spacial score (nSPS) is 12.0. The van der Waals surface area contributed by atoms with Crippen LogP contribution in [0.15, 0.2) is 24.3 Å². The van der Waals surface area contributed by atoms with Crippen LogP contribution in [0.5, 0.6) is 0 Å². The molecule has 0 saturated carbocycles. The van der Waals surface area contributed by atoms with Crippen LogP contribution in [0, 0.1) is 5.41 Å². The van der Waals surface area contributed by atoms with Crippen molar-refractivity contribution in [3.8, 4) is 0 Å². The number of urea groups is 1. The third kappa shape index (κ3) is 5.98. The molecule has 1 atom stereocenters. The largest absolute Gasteiger partial charge is 0.374 e. The molecule has 0 bridgehead atoms. The second-order valence-electron chi connectivity index (χ2n) is 6.22. The molecule has 1 unspecified atom stereocenters. The van der Waals surface area contributed by atoms with Gasteiger partial charge in [0, 0.05) is 23.8 Å². The van der Waals surface area contributed by atoms with E-state index in [9.17, 15) is 14.4 Å². The molecular formula is C16H24N4O3. The van der Waals surface area contributed by atoms with Crippen LogP contribution in [-0.4, -0.2) is 30.9 Å². The molecule has 7 heteroatoms. The number of benzene rings is 1. The van der Waals surface area contributed by atoms with Gasteiger partial charge >= 0.3 is 6.03 Å². The quantitative estimate of drug-likeness (QED) is 0.681. The highest BCUT2D eigenvalue weighted by molar-refractivity contribution is 5.98. The van der Waals surface area contributed by atoms with Crippen LogP contribution in [0.2, 0.25) is 0 Å². The van der Waals surface area contributed by atoms with Crippen LogP contribution in [0.1, 0.15) is 27.7 Å². The van der Waals surface area contributed by atoms with Crippen molar-refractivity contribution in [1.82, 2.24) is 10.6 Å². The van der Waals surface area contributed by atoms with Gasteiger partial charge in [0.2, 0.25) is 11.8 Å². The molecule has 4 amide bonds. The maximum atomic E-state index is 11.9. The molecule has 0 heterocycles. The summed E-state index contributed by atoms with van der Waals surface area (Å²) in [5.74, 6) is -0.508. The fraction of sp³-hybridized carbons (Fsp3) is 0.438. The Morgan fingerprint density at radius 1 is 1.00 bits per heavy atom. The molecule has 7 nitrogen and oxygen atoms in total. The molecule has 0 radical (unpaired) electrons. The zero-order chi connectivity index (χ0) is 17.6. The van der Waals surface area contributed by atoms with E-state index in [2.05, 4.69) is 21.3 Å². The minimum Gasteiger partial charge on any atom is -0.374 e. The van der Waals surface area contributed by atoms with Gasteiger partial charge in [0.25, 0.3) is 0 Å². The summed E-state index contributed by atoms with van der Waals surface area (Å²) in [5, 5.41) is 10.3. The number of imide groups is 1. The van der Waals surface area contributed by atoms with Crippen LogP contribution in [0.25, 0.3) is 0 Å². The minimum absolute atomic E-state index is 0.0727. The van der Waals surface area contributed by atoms with Gasteiger partial charge in [-0.2, -0.15) is 0 Å². The third-order valence-electron chi connectivity index (χ3n) is 3.06. The van der Waals surface area contributed by atoms with Crippen molar-refractivity contribution in [1.29, 1.82) is 0 Å². The Morgan fingerprint density at radius 3 is 2.00 bits per heavy atom. The third-order valence-corrected chi connectivity index (χ3v) is 3.06. The van der Waals surface area contributed by atoms with E-state index >= 15 is 0 Å². The SMILES string of the molecule is CNC(=O)NC(=O)C(C)Nc1ccc(NC(=O)C(C)(C)C)cc1. The van der Waals surface area contributed by atoms with Crippen LogP contribution < -0.4 is 21.3 Å². The highest BCUT2D eigenvalue weighted by atomic mass is 16.2. The van der Waals surface area contributed by atoms with Crippen molar-refractivity contribution >= 4 is 29.2 Å². The van der Waals surface area contributed by atoms with E-state index in [0.717, 1.165) is 0 Å². The van der Waals surface area contributed by atoms with Gasteiger partial charge < -0.3 is 16.0 Å². The van der Waals surface area contributed by atoms with E-state index in [1.165, 1.54) is 7.05 Å². The van der Waals surface area contributed by atoms with Crippen molar-refractivity contribution in [2.24, 2.45) is 5.41 Å². The number of rotatable bonds is 4. The van der Waals surface area contributed by atoms with Crippen molar-refractivity contribution in [3.63, 3.8) is 0 Å². The number of hydrogen-bond acceptors (Lipinski definition) is 4. The van der Waals surface area contributed by atoms with Crippen molar-refractivity contribution < 1.29 is 14.4 Å². The smallest absolute Gasteiger partial charge is 0.321 e. The lowest BCUT2D eigenvalue weighted by Crippen LogP contribution is -2.44. The molecule has 1 aromatic rings. The number of amides is 4. The lowest BCUT2D eigenvalue weighted by molar-refractivity contribution is -0.123. The Balaban J connectivity index is 2.62. The summed E-state index contributed by atoms with van der Waals surface area (Å²) >= 11 is 0. The Morgan fingerprint density at radius 2 is 1.52 bits per heavy atom. The molecule has 0 aliphatic carbocycles. The molecular weight excluding hydrogens is 296 g/mol. The Bertz CT molecular complexity index is 576. The van der Waals surface area contributed by atoms with Gasteiger partial charge in [-0.15, -0.1) is 0 Å². The molecule has 0 aliphatic rings. The van der Waals surface area contributed by atoms with Gasteiger partial charge in [-0.05, 0) is 31.2 Å². The second-order valence-corrected chi connectivity index (χ2v) is 6.22. The molecule has 1 rings (SSSR count). The van der Waals surface area contributed by atoms with E-state index in [4.69, 9.17) is 0 Å². The first-order valence-electron chi connectivity index (χ1n) is 7.34. The van der Waals surface area contributed by atoms with Crippen LogP contribution in [0.3, 0.4) is 0 Å². The number of carbonyl (C=O) groups excluding carboxylic acids is 3. The minimum atomic E-state index is -0.581. The van der Waals surface area contributed by atoms with Gasteiger partial charge in [0.05, 0.1) is 0 Å². The molecule has 0 fully saturated rings. The molecule has 4 N–H and O–H groups in total. The van der Waals surface area contributed by atoms with Crippen molar-refractivity contribution in [3.05, 3.63) is 24.3 Å². The summed E-state index contributed by atoms with van der Waals surface area (Å²) in [6.45, 7) is 7.16. The summed E-state index contributed by atoms with van der Waals surface area (Å²) in [7, 11) is 1.44. The van der Waals surface area contributed by atoms with E-state index in [0.29, 0.717) is 11.4 Å². The number of carbonyl (C=O) groups is 3. The first-order valence-corrected chi connectivity index (χ1v) is 7.34. The molecule has 0 aromatic heterocycles. The fourth-order valence-electron chi connectivity index (χ4n) is 1.57. The van der Waals surface area contributed by atoms with E-state index in [1.807, 2.05) is 20.8 Å². The van der Waals surface area contributed by atoms with Gasteiger partial charge in [-0.1, -0.05) is 20.8 Å². The lowest BCUT2D eigenvalue weighted by atomic mass is 9.95. The predicted molar refractivity (Wildman–Crippen MR) is 90.2 cm³/mol. The summed E-state index contributed by atoms with van der Waals surface area (Å²) in [5.41, 5.74) is 0.917. The van der Waals surface area contributed by atoms with E-state index < -0.39 is 23.4 Å². The van der Waals surface area contributed by atoms with E-state index in [1.54, 1.807) is 31.2 Å². The van der Waals surface area contributed by atoms with Crippen molar-refractivity contribution in [2.75, 3.05) is 17.7 Å². The summed E-state index contributed by atoms with van der Waals surface area (Å²) < 4.78 is 0. The standard InChI is InChI=1S/C16H24N4O3/c1-10(13(21)20-15(23)17-5)18-11-6-8-12(9-7-11)19-14(22)16(2,3)4/h6-10,18H,1-5H3,(H,19,22)(H2,17,20,21,23). The molecule has 23 heavy (non-hydrogen) atoms. The monoisotopic (exact) mass is 320 g/mol. The van der Waals surface area contributed by atoms with Gasteiger partial charge in [0.15, 0.2) is 0 Å². The molecule has 0 spiro atoms. The first-order chi connectivity index (χ1) is 10.6. The zero-order valence-corrected chi connectivity index (χ0v) is 14.1. The topological polar surface area (TPSA) is 99.3 Å². The molecule has 0 saturated heterocycles. The van der Waals surface area contributed by atoms with Crippen LogP contribution in [-0.2, 0) is 9.59 Å². The summed E-state index contributed by atoms with van der Waals surface area (Å²) in [4.78, 5) is 34.7. The average molecular weight is 320 g/mol.